The maximum absolute atomic E-state index is 4.99. The Labute approximate surface area is 140 Å². The molecule has 6 aromatic rings. The van der Waals surface area contributed by atoms with Crippen LogP contribution in [0.25, 0.3) is 47.9 Å². The zero-order chi connectivity index (χ0) is 15.7. The predicted octanol–water partition coefficient (Wildman–Crippen LogP) is 5.40. The molecular weight excluding hydrogens is 314 g/mol. The molecule has 0 saturated heterocycles. The van der Waals surface area contributed by atoms with Gasteiger partial charge < -0.3 is 0 Å². The zero-order valence-corrected chi connectivity index (χ0v) is 13.4. The number of fused-ring (bicyclic) bond motifs is 10. The molecular formula is C20H11N3S. The van der Waals surface area contributed by atoms with Crippen LogP contribution in [0.3, 0.4) is 0 Å². The first kappa shape index (κ1) is 12.4. The van der Waals surface area contributed by atoms with Crippen molar-refractivity contribution in [1.82, 2.24) is 14.4 Å². The number of aromatic nitrogens is 3. The van der Waals surface area contributed by atoms with Crippen molar-refractivity contribution in [2.45, 2.75) is 0 Å². The van der Waals surface area contributed by atoms with E-state index >= 15 is 0 Å². The van der Waals surface area contributed by atoms with Crippen LogP contribution in [0.1, 0.15) is 0 Å². The minimum atomic E-state index is 0.995. The maximum Gasteiger partial charge on any atom is 0.147 e. The Balaban J connectivity index is 2.02. The van der Waals surface area contributed by atoms with E-state index in [1.54, 1.807) is 11.3 Å². The molecule has 112 valence electrons. The van der Waals surface area contributed by atoms with Gasteiger partial charge in [-0.15, -0.1) is 11.3 Å². The summed E-state index contributed by atoms with van der Waals surface area (Å²) in [7, 11) is 0. The van der Waals surface area contributed by atoms with Crippen LogP contribution in [-0.4, -0.2) is 14.4 Å². The Hall–Kier alpha value is -2.98. The summed E-state index contributed by atoms with van der Waals surface area (Å²) < 4.78 is 3.47. The van der Waals surface area contributed by atoms with Crippen molar-refractivity contribution < 1.29 is 0 Å². The van der Waals surface area contributed by atoms with E-state index in [1.165, 1.54) is 31.2 Å². The van der Waals surface area contributed by atoms with Crippen LogP contribution in [0.2, 0.25) is 0 Å². The number of imidazole rings is 1. The highest BCUT2D eigenvalue weighted by atomic mass is 32.1. The van der Waals surface area contributed by atoms with E-state index in [0.717, 1.165) is 16.7 Å². The molecule has 0 radical (unpaired) electrons. The fourth-order valence-corrected chi connectivity index (χ4v) is 4.74. The van der Waals surface area contributed by atoms with Gasteiger partial charge in [0.1, 0.15) is 21.5 Å². The lowest BCUT2D eigenvalue weighted by atomic mass is 10.1. The molecule has 6 rings (SSSR count). The third-order valence-electron chi connectivity index (χ3n) is 4.64. The summed E-state index contributed by atoms with van der Waals surface area (Å²) in [5, 5.41) is 3.68. The molecule has 0 spiro atoms. The normalized spacial score (nSPS) is 12.2. The van der Waals surface area contributed by atoms with E-state index < -0.39 is 0 Å². The average Bonchev–Trinajstić information content (AvgIpc) is 3.18. The van der Waals surface area contributed by atoms with Gasteiger partial charge in [0.2, 0.25) is 0 Å². The minimum Gasteiger partial charge on any atom is -0.283 e. The monoisotopic (exact) mass is 325 g/mol. The van der Waals surface area contributed by atoms with Gasteiger partial charge in [-0.2, -0.15) is 0 Å². The molecule has 0 unspecified atom stereocenters. The van der Waals surface area contributed by atoms with Crippen molar-refractivity contribution in [3.8, 4) is 0 Å². The summed E-state index contributed by atoms with van der Waals surface area (Å²) >= 11 is 1.76. The van der Waals surface area contributed by atoms with Crippen molar-refractivity contribution in [3.63, 3.8) is 0 Å². The highest BCUT2D eigenvalue weighted by Gasteiger charge is 2.17. The van der Waals surface area contributed by atoms with Gasteiger partial charge in [0.25, 0.3) is 0 Å². The lowest BCUT2D eigenvalue weighted by molar-refractivity contribution is 1.33. The smallest absolute Gasteiger partial charge is 0.147 e. The number of hydrogen-bond acceptors (Lipinski definition) is 3. The fraction of sp³-hybridized carbons (Fsp3) is 0. The number of para-hydroxylation sites is 1. The van der Waals surface area contributed by atoms with E-state index in [-0.39, 0.29) is 0 Å². The highest BCUT2D eigenvalue weighted by molar-refractivity contribution is 7.25. The van der Waals surface area contributed by atoms with Gasteiger partial charge in [-0.05, 0) is 23.6 Å². The number of nitrogens with zero attached hydrogens (tertiary/aromatic N) is 3. The third-order valence-corrected chi connectivity index (χ3v) is 5.76. The molecule has 0 amide bonds. The number of rotatable bonds is 0. The molecule has 24 heavy (non-hydrogen) atoms. The quantitative estimate of drug-likeness (QED) is 0.350. The Bertz CT molecular complexity index is 1410. The van der Waals surface area contributed by atoms with Crippen LogP contribution < -0.4 is 0 Å². The second kappa shape index (κ2) is 4.30. The third kappa shape index (κ3) is 1.42. The molecule has 4 heteroatoms. The van der Waals surface area contributed by atoms with Gasteiger partial charge >= 0.3 is 0 Å². The van der Waals surface area contributed by atoms with Gasteiger partial charge in [0, 0.05) is 17.0 Å². The van der Waals surface area contributed by atoms with Crippen LogP contribution in [0.4, 0.5) is 0 Å². The van der Waals surface area contributed by atoms with Crippen molar-refractivity contribution in [2.75, 3.05) is 0 Å². The molecule has 4 aromatic heterocycles. The number of pyridine rings is 2. The maximum atomic E-state index is 4.99. The Morgan fingerprint density at radius 3 is 2.46 bits per heavy atom. The molecule has 0 aliphatic heterocycles. The van der Waals surface area contributed by atoms with Gasteiger partial charge in [-0.1, -0.05) is 42.5 Å². The summed E-state index contributed by atoms with van der Waals surface area (Å²) in [6, 6.07) is 21.2. The first-order chi connectivity index (χ1) is 11.9. The molecule has 0 bridgehead atoms. The van der Waals surface area contributed by atoms with Crippen LogP contribution in [0.15, 0.2) is 66.9 Å². The minimum absolute atomic E-state index is 0.995. The summed E-state index contributed by atoms with van der Waals surface area (Å²) in [6.07, 6.45) is 1.84. The summed E-state index contributed by atoms with van der Waals surface area (Å²) in [5.74, 6) is 0. The molecule has 0 aliphatic carbocycles. The molecule has 2 aromatic carbocycles. The second-order valence-electron chi connectivity index (χ2n) is 5.94. The Kier molecular flexibility index (Phi) is 2.23. The molecule has 3 nitrogen and oxygen atoms in total. The molecule has 0 N–H and O–H groups in total. The molecule has 0 atom stereocenters. The van der Waals surface area contributed by atoms with Gasteiger partial charge in [-0.3, -0.25) is 9.38 Å². The average molecular weight is 325 g/mol. The van der Waals surface area contributed by atoms with Crippen LogP contribution in [0.5, 0.6) is 0 Å². The second-order valence-corrected chi connectivity index (χ2v) is 6.97. The van der Waals surface area contributed by atoms with E-state index in [0.29, 0.717) is 0 Å². The van der Waals surface area contributed by atoms with Crippen LogP contribution >= 0.6 is 11.3 Å². The van der Waals surface area contributed by atoms with E-state index in [9.17, 15) is 0 Å². The first-order valence-corrected chi connectivity index (χ1v) is 8.68. The zero-order valence-electron chi connectivity index (χ0n) is 12.6. The summed E-state index contributed by atoms with van der Waals surface area (Å²) in [4.78, 5) is 10.7. The molecule has 0 saturated carbocycles. The van der Waals surface area contributed by atoms with Crippen molar-refractivity contribution in [1.29, 1.82) is 0 Å². The Morgan fingerprint density at radius 1 is 0.750 bits per heavy atom. The number of hydrogen-bond donors (Lipinski definition) is 0. The van der Waals surface area contributed by atoms with Gasteiger partial charge in [-0.25, -0.2) is 4.98 Å². The molecule has 0 fully saturated rings. The predicted molar refractivity (Wildman–Crippen MR) is 101 cm³/mol. The SMILES string of the molecule is c1cnc2c(c1)sc1c2nc2c3ccccc3c3ccccc3n21. The molecule has 4 heterocycles. The molecule has 0 aliphatic rings. The lowest BCUT2D eigenvalue weighted by Gasteiger charge is -2.07. The largest absolute Gasteiger partial charge is 0.283 e. The van der Waals surface area contributed by atoms with E-state index in [4.69, 9.17) is 4.98 Å². The van der Waals surface area contributed by atoms with Crippen LogP contribution in [-0.2, 0) is 0 Å². The van der Waals surface area contributed by atoms with Crippen molar-refractivity contribution in [3.05, 3.63) is 66.9 Å². The van der Waals surface area contributed by atoms with Crippen molar-refractivity contribution in [2.24, 2.45) is 0 Å². The lowest BCUT2D eigenvalue weighted by Crippen LogP contribution is -1.90. The summed E-state index contributed by atoms with van der Waals surface area (Å²) in [6.45, 7) is 0. The topological polar surface area (TPSA) is 30.2 Å². The van der Waals surface area contributed by atoms with Crippen LogP contribution in [0, 0.1) is 0 Å². The Morgan fingerprint density at radius 2 is 1.54 bits per heavy atom. The first-order valence-electron chi connectivity index (χ1n) is 7.87. The fourth-order valence-electron chi connectivity index (χ4n) is 3.62. The van der Waals surface area contributed by atoms with Gasteiger partial charge in [0.15, 0.2) is 0 Å². The highest BCUT2D eigenvalue weighted by Crippen LogP contribution is 2.37. The number of benzene rings is 2. The standard InChI is InChI=1S/C20H11N3S/c1-2-8-14-12(6-1)13-7-3-4-9-15(13)23-19(14)22-18-17-16(24-20(18)23)10-5-11-21-17/h1-11H. The van der Waals surface area contributed by atoms with E-state index in [1.807, 2.05) is 12.3 Å². The number of thiophene rings is 1. The van der Waals surface area contributed by atoms with Gasteiger partial charge in [0.05, 0.1) is 10.2 Å². The summed E-state index contributed by atoms with van der Waals surface area (Å²) in [5.41, 5.74) is 4.20. The van der Waals surface area contributed by atoms with Crippen molar-refractivity contribution >= 4 is 59.2 Å². The van der Waals surface area contributed by atoms with E-state index in [2.05, 4.69) is 64.0 Å².